The number of thioether (sulfide) groups is 1. The van der Waals surface area contributed by atoms with Gasteiger partial charge in [-0.1, -0.05) is 12.1 Å². The Labute approximate surface area is 156 Å². The van der Waals surface area contributed by atoms with E-state index in [-0.39, 0.29) is 17.8 Å². The highest BCUT2D eigenvalue weighted by Gasteiger charge is 2.20. The number of amides is 1. The van der Waals surface area contributed by atoms with Crippen LogP contribution in [0.1, 0.15) is 35.2 Å². The van der Waals surface area contributed by atoms with E-state index in [1.165, 1.54) is 18.2 Å². The average Bonchev–Trinajstić information content (AvgIpc) is 2.58. The summed E-state index contributed by atoms with van der Waals surface area (Å²) in [6.07, 6.45) is 5.02. The Morgan fingerprint density at radius 1 is 1.27 bits per heavy atom. The van der Waals surface area contributed by atoms with Gasteiger partial charge in [0.25, 0.3) is 5.91 Å². The molecular formula is C19H20N2O4S. The van der Waals surface area contributed by atoms with Gasteiger partial charge in [-0.2, -0.15) is 0 Å². The van der Waals surface area contributed by atoms with Crippen LogP contribution in [0.15, 0.2) is 42.6 Å². The zero-order valence-electron chi connectivity index (χ0n) is 14.2. The van der Waals surface area contributed by atoms with Crippen molar-refractivity contribution in [2.24, 2.45) is 0 Å². The van der Waals surface area contributed by atoms with Gasteiger partial charge in [0.2, 0.25) is 5.88 Å². The summed E-state index contributed by atoms with van der Waals surface area (Å²) >= 11 is 1.32. The normalized spacial score (nSPS) is 13.7. The first kappa shape index (κ1) is 18.3. The summed E-state index contributed by atoms with van der Waals surface area (Å²) in [5, 5.41) is 11.6. The van der Waals surface area contributed by atoms with Crippen LogP contribution in [0, 0.1) is 0 Å². The molecular weight excluding hydrogens is 352 g/mol. The molecule has 1 aliphatic rings. The fourth-order valence-corrected chi connectivity index (χ4v) is 3.16. The van der Waals surface area contributed by atoms with Crippen molar-refractivity contribution in [1.82, 2.24) is 4.98 Å². The summed E-state index contributed by atoms with van der Waals surface area (Å²) in [4.78, 5) is 27.2. The molecule has 0 spiro atoms. The molecule has 6 nitrogen and oxygen atoms in total. The molecule has 26 heavy (non-hydrogen) atoms. The first-order valence-electron chi connectivity index (χ1n) is 8.43. The van der Waals surface area contributed by atoms with Gasteiger partial charge in [0.1, 0.15) is 6.10 Å². The van der Waals surface area contributed by atoms with E-state index >= 15 is 0 Å². The number of hydrogen-bond acceptors (Lipinski definition) is 5. The van der Waals surface area contributed by atoms with Gasteiger partial charge in [-0.05, 0) is 43.0 Å². The molecule has 1 amide bonds. The molecule has 7 heteroatoms. The summed E-state index contributed by atoms with van der Waals surface area (Å²) in [6, 6.07) is 10.7. The van der Waals surface area contributed by atoms with Crippen molar-refractivity contribution >= 4 is 29.3 Å². The number of nitrogens with one attached hydrogen (secondary N) is 1. The van der Waals surface area contributed by atoms with Crippen LogP contribution < -0.4 is 10.1 Å². The number of hydrogen-bond donors (Lipinski definition) is 2. The number of ether oxygens (including phenoxy) is 1. The van der Waals surface area contributed by atoms with Crippen molar-refractivity contribution in [3.63, 3.8) is 0 Å². The molecule has 0 atom stereocenters. The van der Waals surface area contributed by atoms with E-state index in [4.69, 9.17) is 9.84 Å². The molecule has 1 heterocycles. The van der Waals surface area contributed by atoms with E-state index in [1.54, 1.807) is 24.4 Å². The SMILES string of the molecule is O=C(O)CSCc1cccc(NC(=O)c2ccnc(OC3CCC3)c2)c1. The summed E-state index contributed by atoms with van der Waals surface area (Å²) in [5.41, 5.74) is 2.11. The molecule has 0 saturated heterocycles. The number of anilines is 1. The number of aromatic nitrogens is 1. The predicted molar refractivity (Wildman–Crippen MR) is 101 cm³/mol. The lowest BCUT2D eigenvalue weighted by Crippen LogP contribution is -2.25. The van der Waals surface area contributed by atoms with Gasteiger partial charge in [-0.25, -0.2) is 4.98 Å². The van der Waals surface area contributed by atoms with E-state index in [9.17, 15) is 9.59 Å². The summed E-state index contributed by atoms with van der Waals surface area (Å²) < 4.78 is 5.73. The topological polar surface area (TPSA) is 88.5 Å². The molecule has 1 aromatic carbocycles. The number of benzene rings is 1. The van der Waals surface area contributed by atoms with Gasteiger partial charge < -0.3 is 15.2 Å². The second kappa shape index (κ2) is 8.71. The van der Waals surface area contributed by atoms with Crippen LogP contribution in [0.25, 0.3) is 0 Å². The van der Waals surface area contributed by atoms with Gasteiger partial charge in [0.15, 0.2) is 0 Å². The maximum absolute atomic E-state index is 12.5. The molecule has 136 valence electrons. The maximum Gasteiger partial charge on any atom is 0.313 e. The largest absolute Gasteiger partial charge is 0.481 e. The van der Waals surface area contributed by atoms with Crippen LogP contribution >= 0.6 is 11.8 Å². The highest BCUT2D eigenvalue weighted by Crippen LogP contribution is 2.24. The summed E-state index contributed by atoms with van der Waals surface area (Å²) in [7, 11) is 0. The van der Waals surface area contributed by atoms with Crippen molar-refractivity contribution in [1.29, 1.82) is 0 Å². The lowest BCUT2D eigenvalue weighted by atomic mass is 9.96. The van der Waals surface area contributed by atoms with Gasteiger partial charge >= 0.3 is 5.97 Å². The zero-order chi connectivity index (χ0) is 18.4. The van der Waals surface area contributed by atoms with Gasteiger partial charge in [0, 0.05) is 29.3 Å². The number of carbonyl (C=O) groups is 2. The molecule has 2 aromatic rings. The number of carbonyl (C=O) groups excluding carboxylic acids is 1. The lowest BCUT2D eigenvalue weighted by molar-refractivity contribution is -0.133. The monoisotopic (exact) mass is 372 g/mol. The fourth-order valence-electron chi connectivity index (χ4n) is 2.47. The molecule has 1 aromatic heterocycles. The lowest BCUT2D eigenvalue weighted by Gasteiger charge is -2.25. The standard InChI is InChI=1S/C19H20N2O4S/c22-18(23)12-26-11-13-3-1-4-15(9-13)21-19(24)14-7-8-20-17(10-14)25-16-5-2-6-16/h1,3-4,7-10,16H,2,5-6,11-12H2,(H,21,24)(H,22,23). The Morgan fingerprint density at radius 3 is 2.85 bits per heavy atom. The fraction of sp³-hybridized carbons (Fsp3) is 0.316. The molecule has 1 saturated carbocycles. The Kier molecular flexibility index (Phi) is 6.12. The zero-order valence-corrected chi connectivity index (χ0v) is 15.0. The number of nitrogens with zero attached hydrogens (tertiary/aromatic N) is 1. The number of aliphatic carboxylic acids is 1. The molecule has 0 aliphatic heterocycles. The van der Waals surface area contributed by atoms with Gasteiger partial charge in [-0.15, -0.1) is 11.8 Å². The third kappa shape index (κ3) is 5.23. The average molecular weight is 372 g/mol. The molecule has 3 rings (SSSR count). The second-order valence-electron chi connectivity index (χ2n) is 6.09. The second-order valence-corrected chi connectivity index (χ2v) is 7.08. The van der Waals surface area contributed by atoms with E-state index in [1.807, 2.05) is 18.2 Å². The Bertz CT molecular complexity index is 793. The Hall–Kier alpha value is -2.54. The number of carboxylic acids is 1. The van der Waals surface area contributed by atoms with Crippen molar-refractivity contribution in [2.75, 3.05) is 11.1 Å². The molecule has 0 unspecified atom stereocenters. The van der Waals surface area contributed by atoms with Crippen LogP contribution in [0.5, 0.6) is 5.88 Å². The van der Waals surface area contributed by atoms with Gasteiger partial charge in [-0.3, -0.25) is 9.59 Å². The number of rotatable bonds is 8. The Balaban J connectivity index is 1.60. The molecule has 0 bridgehead atoms. The quantitative estimate of drug-likeness (QED) is 0.736. The third-order valence-electron chi connectivity index (χ3n) is 4.02. The van der Waals surface area contributed by atoms with E-state index in [0.29, 0.717) is 22.9 Å². The van der Waals surface area contributed by atoms with Crippen LogP contribution in [0.4, 0.5) is 5.69 Å². The number of pyridine rings is 1. The predicted octanol–water partition coefficient (Wildman–Crippen LogP) is 3.58. The van der Waals surface area contributed by atoms with Crippen LogP contribution in [0.3, 0.4) is 0 Å². The van der Waals surface area contributed by atoms with E-state index < -0.39 is 5.97 Å². The van der Waals surface area contributed by atoms with Crippen molar-refractivity contribution in [2.45, 2.75) is 31.1 Å². The molecule has 1 aliphatic carbocycles. The first-order valence-corrected chi connectivity index (χ1v) is 9.58. The molecule has 0 radical (unpaired) electrons. The van der Waals surface area contributed by atoms with Crippen LogP contribution in [0.2, 0.25) is 0 Å². The van der Waals surface area contributed by atoms with Gasteiger partial charge in [0.05, 0.1) is 5.75 Å². The first-order chi connectivity index (χ1) is 12.6. The summed E-state index contributed by atoms with van der Waals surface area (Å²) in [6.45, 7) is 0. The minimum Gasteiger partial charge on any atom is -0.481 e. The Morgan fingerprint density at radius 2 is 2.12 bits per heavy atom. The smallest absolute Gasteiger partial charge is 0.313 e. The van der Waals surface area contributed by atoms with Crippen molar-refractivity contribution in [3.8, 4) is 5.88 Å². The third-order valence-corrected chi connectivity index (χ3v) is 5.00. The number of carboxylic acid groups (broad SMARTS) is 1. The molecule has 2 N–H and O–H groups in total. The van der Waals surface area contributed by atoms with Crippen LogP contribution in [-0.2, 0) is 10.5 Å². The van der Waals surface area contributed by atoms with Crippen LogP contribution in [-0.4, -0.2) is 33.8 Å². The maximum atomic E-state index is 12.5. The minimum atomic E-state index is -0.836. The summed E-state index contributed by atoms with van der Waals surface area (Å²) in [5.74, 6) is 0.0293. The highest BCUT2D eigenvalue weighted by molar-refractivity contribution is 7.99. The van der Waals surface area contributed by atoms with E-state index in [2.05, 4.69) is 10.3 Å². The van der Waals surface area contributed by atoms with E-state index in [0.717, 1.165) is 18.4 Å². The van der Waals surface area contributed by atoms with Crippen molar-refractivity contribution in [3.05, 3.63) is 53.7 Å². The van der Waals surface area contributed by atoms with Crippen molar-refractivity contribution < 1.29 is 19.4 Å². The highest BCUT2D eigenvalue weighted by atomic mass is 32.2. The minimum absolute atomic E-state index is 0.0529. The molecule has 1 fully saturated rings.